The molecule has 0 aromatic rings. The van der Waals surface area contributed by atoms with Gasteiger partial charge in [0, 0.05) is 0 Å². The Labute approximate surface area is 117 Å². The summed E-state index contributed by atoms with van der Waals surface area (Å²) in [6.45, 7) is 10.8. The summed E-state index contributed by atoms with van der Waals surface area (Å²) in [4.78, 5) is 14.3. The molecule has 0 saturated carbocycles. The second kappa shape index (κ2) is 9.32. The first-order chi connectivity index (χ1) is 9.22. The van der Waals surface area contributed by atoms with Gasteiger partial charge in [0.05, 0.1) is 6.61 Å². The number of esters is 1. The Morgan fingerprint density at radius 1 is 1.32 bits per heavy atom. The molecule has 4 nitrogen and oxygen atoms in total. The Hall–Kier alpha value is -0.610. The molecule has 1 aliphatic rings. The molecule has 1 unspecified atom stereocenters. The van der Waals surface area contributed by atoms with Gasteiger partial charge in [-0.05, 0) is 58.3 Å². The van der Waals surface area contributed by atoms with Gasteiger partial charge >= 0.3 is 5.97 Å². The lowest BCUT2D eigenvalue weighted by Gasteiger charge is -2.36. The average molecular weight is 270 g/mol. The van der Waals surface area contributed by atoms with E-state index in [1.807, 2.05) is 6.92 Å². The molecule has 0 aromatic carbocycles. The Bertz CT molecular complexity index is 251. The Morgan fingerprint density at radius 3 is 2.53 bits per heavy atom. The molecule has 112 valence electrons. The van der Waals surface area contributed by atoms with Crippen LogP contribution in [0.1, 0.15) is 46.5 Å². The van der Waals surface area contributed by atoms with Crippen LogP contribution >= 0.6 is 0 Å². The van der Waals surface area contributed by atoms with Crippen molar-refractivity contribution in [2.24, 2.45) is 5.92 Å². The third kappa shape index (κ3) is 5.49. The molecule has 1 fully saturated rings. The van der Waals surface area contributed by atoms with E-state index < -0.39 is 0 Å². The van der Waals surface area contributed by atoms with Gasteiger partial charge in [-0.25, -0.2) is 0 Å². The van der Waals surface area contributed by atoms with Crippen LogP contribution in [0, 0.1) is 5.92 Å². The summed E-state index contributed by atoms with van der Waals surface area (Å²) in [6, 6.07) is -0.0231. The van der Waals surface area contributed by atoms with E-state index in [1.165, 1.54) is 12.8 Å². The minimum atomic E-state index is -0.0329. The van der Waals surface area contributed by atoms with Gasteiger partial charge < -0.3 is 10.1 Å². The maximum atomic E-state index is 12.0. The highest BCUT2D eigenvalue weighted by Crippen LogP contribution is 2.21. The molecule has 1 atom stereocenters. The molecule has 19 heavy (non-hydrogen) atoms. The number of nitrogens with one attached hydrogen (secondary N) is 1. The molecule has 1 N–H and O–H groups in total. The van der Waals surface area contributed by atoms with Crippen molar-refractivity contribution in [2.75, 3.05) is 32.8 Å². The van der Waals surface area contributed by atoms with Gasteiger partial charge in [0.1, 0.15) is 6.04 Å². The van der Waals surface area contributed by atoms with Crippen molar-refractivity contribution >= 4 is 5.97 Å². The van der Waals surface area contributed by atoms with Crippen molar-refractivity contribution < 1.29 is 9.53 Å². The van der Waals surface area contributed by atoms with E-state index in [-0.39, 0.29) is 12.0 Å². The molecule has 0 aromatic heterocycles. The van der Waals surface area contributed by atoms with Crippen LogP contribution in [0.25, 0.3) is 0 Å². The van der Waals surface area contributed by atoms with Gasteiger partial charge in [-0.1, -0.05) is 20.3 Å². The van der Waals surface area contributed by atoms with Crippen LogP contribution in [0.3, 0.4) is 0 Å². The van der Waals surface area contributed by atoms with E-state index in [2.05, 4.69) is 24.1 Å². The topological polar surface area (TPSA) is 41.6 Å². The molecule has 1 saturated heterocycles. The van der Waals surface area contributed by atoms with Crippen LogP contribution in [-0.4, -0.2) is 49.7 Å². The van der Waals surface area contributed by atoms with Crippen molar-refractivity contribution in [1.82, 2.24) is 10.2 Å². The van der Waals surface area contributed by atoms with Crippen molar-refractivity contribution in [3.8, 4) is 0 Å². The van der Waals surface area contributed by atoms with E-state index in [9.17, 15) is 4.79 Å². The molecule has 0 spiro atoms. The highest BCUT2D eigenvalue weighted by Gasteiger charge is 2.29. The molecular formula is C15H30N2O2. The lowest BCUT2D eigenvalue weighted by molar-refractivity contribution is -0.150. The fraction of sp³-hybridized carbons (Fsp3) is 0.933. The van der Waals surface area contributed by atoms with E-state index in [0.29, 0.717) is 6.61 Å². The summed E-state index contributed by atoms with van der Waals surface area (Å²) >= 11 is 0. The van der Waals surface area contributed by atoms with Gasteiger partial charge in [0.2, 0.25) is 0 Å². The summed E-state index contributed by atoms with van der Waals surface area (Å²) < 4.78 is 5.21. The summed E-state index contributed by atoms with van der Waals surface area (Å²) in [7, 11) is 0. The van der Waals surface area contributed by atoms with Crippen LogP contribution in [0.15, 0.2) is 0 Å². The normalized spacial score (nSPS) is 19.3. The molecule has 0 amide bonds. The fourth-order valence-corrected chi connectivity index (χ4v) is 2.78. The van der Waals surface area contributed by atoms with Gasteiger partial charge in [0.25, 0.3) is 0 Å². The summed E-state index contributed by atoms with van der Waals surface area (Å²) in [6.07, 6.45) is 4.32. The van der Waals surface area contributed by atoms with Crippen LogP contribution in [0.4, 0.5) is 0 Å². The number of rotatable bonds is 8. The predicted molar refractivity (Wildman–Crippen MR) is 78.2 cm³/mol. The molecule has 0 bridgehead atoms. The molecule has 1 rings (SSSR count). The molecule has 1 aliphatic heterocycles. The number of carbonyl (C=O) groups excluding carboxylic acids is 1. The van der Waals surface area contributed by atoms with Crippen molar-refractivity contribution in [2.45, 2.75) is 52.5 Å². The van der Waals surface area contributed by atoms with Crippen LogP contribution in [0.2, 0.25) is 0 Å². The SMILES string of the molecule is CCCC(C(=O)OCC)N1CCC(CNCC)CC1. The standard InChI is InChI=1S/C15H30N2O2/c1-4-7-14(15(18)19-6-3)17-10-8-13(9-11-17)12-16-5-2/h13-14,16H,4-12H2,1-3H3. The van der Waals surface area contributed by atoms with E-state index in [1.54, 1.807) is 0 Å². The molecule has 0 aliphatic carbocycles. The first-order valence-corrected chi connectivity index (χ1v) is 7.84. The highest BCUT2D eigenvalue weighted by molar-refractivity contribution is 5.75. The third-order valence-corrected chi connectivity index (χ3v) is 3.89. The number of piperidine rings is 1. The zero-order chi connectivity index (χ0) is 14.1. The van der Waals surface area contributed by atoms with Gasteiger partial charge in [-0.2, -0.15) is 0 Å². The van der Waals surface area contributed by atoms with Gasteiger partial charge in [-0.15, -0.1) is 0 Å². The number of ether oxygens (including phenoxy) is 1. The maximum Gasteiger partial charge on any atom is 0.323 e. The first-order valence-electron chi connectivity index (χ1n) is 7.84. The van der Waals surface area contributed by atoms with E-state index in [4.69, 9.17) is 4.74 Å². The average Bonchev–Trinajstić information content (AvgIpc) is 2.43. The number of hydrogen-bond donors (Lipinski definition) is 1. The largest absolute Gasteiger partial charge is 0.465 e. The van der Waals surface area contributed by atoms with E-state index >= 15 is 0 Å². The quantitative estimate of drug-likeness (QED) is 0.685. The Balaban J connectivity index is 2.42. The van der Waals surface area contributed by atoms with Crippen LogP contribution in [-0.2, 0) is 9.53 Å². The minimum absolute atomic E-state index is 0.0231. The van der Waals surface area contributed by atoms with Crippen LogP contribution in [0.5, 0.6) is 0 Å². The smallest absolute Gasteiger partial charge is 0.323 e. The fourth-order valence-electron chi connectivity index (χ4n) is 2.78. The predicted octanol–water partition coefficient (Wildman–Crippen LogP) is 2.04. The molecule has 4 heteroatoms. The summed E-state index contributed by atoms with van der Waals surface area (Å²) in [5, 5.41) is 3.42. The summed E-state index contributed by atoms with van der Waals surface area (Å²) in [5.41, 5.74) is 0. The lowest BCUT2D eigenvalue weighted by Crippen LogP contribution is -2.47. The third-order valence-electron chi connectivity index (χ3n) is 3.89. The Kier molecular flexibility index (Phi) is 8.07. The second-order valence-corrected chi connectivity index (χ2v) is 5.34. The van der Waals surface area contributed by atoms with Crippen molar-refractivity contribution in [3.05, 3.63) is 0 Å². The zero-order valence-electron chi connectivity index (χ0n) is 12.8. The lowest BCUT2D eigenvalue weighted by atomic mass is 9.95. The molecular weight excluding hydrogens is 240 g/mol. The summed E-state index contributed by atoms with van der Waals surface area (Å²) in [5.74, 6) is 0.732. The van der Waals surface area contributed by atoms with Crippen molar-refractivity contribution in [1.29, 1.82) is 0 Å². The molecule has 0 radical (unpaired) electrons. The highest BCUT2D eigenvalue weighted by atomic mass is 16.5. The molecule has 1 heterocycles. The van der Waals surface area contributed by atoms with Crippen LogP contribution < -0.4 is 5.32 Å². The van der Waals surface area contributed by atoms with E-state index in [0.717, 1.165) is 44.9 Å². The number of carbonyl (C=O) groups is 1. The first kappa shape index (κ1) is 16.4. The second-order valence-electron chi connectivity index (χ2n) is 5.34. The maximum absolute atomic E-state index is 12.0. The van der Waals surface area contributed by atoms with Gasteiger partial charge in [-0.3, -0.25) is 9.69 Å². The van der Waals surface area contributed by atoms with Crippen molar-refractivity contribution in [3.63, 3.8) is 0 Å². The number of nitrogens with zero attached hydrogens (tertiary/aromatic N) is 1. The van der Waals surface area contributed by atoms with Gasteiger partial charge in [0.15, 0.2) is 0 Å². The zero-order valence-corrected chi connectivity index (χ0v) is 12.8. The minimum Gasteiger partial charge on any atom is -0.465 e. The number of hydrogen-bond acceptors (Lipinski definition) is 4. The monoisotopic (exact) mass is 270 g/mol. The number of likely N-dealkylation sites (tertiary alicyclic amines) is 1. The Morgan fingerprint density at radius 2 is 2.00 bits per heavy atom.